The molecule has 6 nitrogen and oxygen atoms in total. The lowest BCUT2D eigenvalue weighted by Gasteiger charge is -2.23. The molecule has 1 aromatic rings. The third-order valence-corrected chi connectivity index (χ3v) is 4.34. The van der Waals surface area contributed by atoms with E-state index in [9.17, 15) is 14.7 Å². The summed E-state index contributed by atoms with van der Waals surface area (Å²) in [4.78, 5) is 23.4. The Kier molecular flexibility index (Phi) is 3.23. The van der Waals surface area contributed by atoms with Gasteiger partial charge in [0.25, 0.3) is 5.91 Å². The van der Waals surface area contributed by atoms with Crippen molar-refractivity contribution in [1.29, 1.82) is 0 Å². The number of aliphatic carboxylic acids is 1. The Bertz CT molecular complexity index is 527. The van der Waals surface area contributed by atoms with E-state index in [1.807, 2.05) is 0 Å². The van der Waals surface area contributed by atoms with E-state index in [1.54, 1.807) is 6.07 Å². The van der Waals surface area contributed by atoms with Crippen LogP contribution in [0.4, 0.5) is 0 Å². The van der Waals surface area contributed by atoms with Crippen molar-refractivity contribution in [2.24, 2.45) is 5.41 Å². The molecule has 0 aliphatic heterocycles. The number of aromatic nitrogens is 1. The van der Waals surface area contributed by atoms with Crippen molar-refractivity contribution in [2.75, 3.05) is 6.54 Å². The first kappa shape index (κ1) is 13.1. The zero-order valence-corrected chi connectivity index (χ0v) is 11.2. The van der Waals surface area contributed by atoms with Gasteiger partial charge in [-0.05, 0) is 25.7 Å². The predicted molar refractivity (Wildman–Crippen MR) is 69.3 cm³/mol. The number of amides is 1. The number of nitrogens with zero attached hydrogens (tertiary/aromatic N) is 1. The predicted octanol–water partition coefficient (Wildman–Crippen LogP) is 1.93. The zero-order chi connectivity index (χ0) is 14.2. The number of carbonyl (C=O) groups excluding carboxylic acids is 1. The monoisotopic (exact) mass is 278 g/mol. The highest BCUT2D eigenvalue weighted by Gasteiger charge is 2.41. The first-order valence-corrected chi connectivity index (χ1v) is 7.09. The van der Waals surface area contributed by atoms with E-state index in [2.05, 4.69) is 10.5 Å². The average molecular weight is 278 g/mol. The van der Waals surface area contributed by atoms with Crippen LogP contribution in [0.1, 0.15) is 60.7 Å². The summed E-state index contributed by atoms with van der Waals surface area (Å²) >= 11 is 0. The van der Waals surface area contributed by atoms with Crippen molar-refractivity contribution in [3.63, 3.8) is 0 Å². The number of carbonyl (C=O) groups is 2. The molecule has 108 valence electrons. The molecule has 2 N–H and O–H groups in total. The summed E-state index contributed by atoms with van der Waals surface area (Å²) in [5, 5.41) is 15.8. The van der Waals surface area contributed by atoms with E-state index in [0.29, 0.717) is 18.8 Å². The molecular weight excluding hydrogens is 260 g/mol. The van der Waals surface area contributed by atoms with Gasteiger partial charge in [-0.3, -0.25) is 9.59 Å². The molecule has 2 fully saturated rings. The standard InChI is InChI=1S/C14H18N2O4/c17-12(10-7-11(20-16-10)9-3-4-9)15-8-14(13(18)19)5-1-2-6-14/h7,9H,1-6,8H2,(H,15,17)(H,18,19). The minimum atomic E-state index is -0.825. The summed E-state index contributed by atoms with van der Waals surface area (Å²) in [6.45, 7) is 0.160. The van der Waals surface area contributed by atoms with Crippen LogP contribution in [0, 0.1) is 5.41 Å². The first-order valence-electron chi connectivity index (χ1n) is 7.09. The average Bonchev–Trinajstić information content (AvgIpc) is 2.98. The van der Waals surface area contributed by atoms with Gasteiger partial charge in [0.2, 0.25) is 0 Å². The Hall–Kier alpha value is -1.85. The molecule has 2 aliphatic carbocycles. The van der Waals surface area contributed by atoms with E-state index in [-0.39, 0.29) is 18.1 Å². The maximum absolute atomic E-state index is 12.0. The molecule has 20 heavy (non-hydrogen) atoms. The highest BCUT2D eigenvalue weighted by Crippen LogP contribution is 2.40. The molecule has 0 spiro atoms. The van der Waals surface area contributed by atoms with Crippen molar-refractivity contribution in [2.45, 2.75) is 44.4 Å². The zero-order valence-electron chi connectivity index (χ0n) is 11.2. The van der Waals surface area contributed by atoms with Gasteiger partial charge in [-0.2, -0.15) is 0 Å². The normalized spacial score (nSPS) is 20.8. The smallest absolute Gasteiger partial charge is 0.311 e. The SMILES string of the molecule is O=C(NCC1(C(=O)O)CCCC1)c1cc(C2CC2)on1. The summed E-state index contributed by atoms with van der Waals surface area (Å²) in [5.41, 5.74) is -0.566. The van der Waals surface area contributed by atoms with Crippen molar-refractivity contribution in [3.8, 4) is 0 Å². The largest absolute Gasteiger partial charge is 0.481 e. The van der Waals surface area contributed by atoms with Gasteiger partial charge in [-0.15, -0.1) is 0 Å². The van der Waals surface area contributed by atoms with E-state index < -0.39 is 11.4 Å². The van der Waals surface area contributed by atoms with Gasteiger partial charge in [0.15, 0.2) is 5.69 Å². The van der Waals surface area contributed by atoms with Crippen molar-refractivity contribution in [1.82, 2.24) is 10.5 Å². The van der Waals surface area contributed by atoms with Crippen LogP contribution in [0.5, 0.6) is 0 Å². The summed E-state index contributed by atoms with van der Waals surface area (Å²) in [7, 11) is 0. The number of nitrogens with one attached hydrogen (secondary N) is 1. The van der Waals surface area contributed by atoms with Gasteiger partial charge >= 0.3 is 5.97 Å². The third-order valence-electron chi connectivity index (χ3n) is 4.34. The fourth-order valence-corrected chi connectivity index (χ4v) is 2.81. The lowest BCUT2D eigenvalue weighted by molar-refractivity contribution is -0.148. The number of rotatable bonds is 5. The van der Waals surface area contributed by atoms with Crippen LogP contribution in [-0.2, 0) is 4.79 Å². The Morgan fingerprint density at radius 3 is 2.70 bits per heavy atom. The van der Waals surface area contributed by atoms with E-state index in [4.69, 9.17) is 4.52 Å². The van der Waals surface area contributed by atoms with Gasteiger partial charge < -0.3 is 14.9 Å². The second-order valence-corrected chi connectivity index (χ2v) is 5.86. The van der Waals surface area contributed by atoms with Crippen LogP contribution in [0.25, 0.3) is 0 Å². The van der Waals surface area contributed by atoms with Crippen LogP contribution >= 0.6 is 0 Å². The Balaban J connectivity index is 1.61. The van der Waals surface area contributed by atoms with Crippen LogP contribution in [0.2, 0.25) is 0 Å². The number of hydrogen-bond donors (Lipinski definition) is 2. The summed E-state index contributed by atoms with van der Waals surface area (Å²) in [6, 6.07) is 1.66. The number of carboxylic acid groups (broad SMARTS) is 1. The van der Waals surface area contributed by atoms with Crippen LogP contribution in [0.3, 0.4) is 0 Å². The second kappa shape index (κ2) is 4.92. The maximum Gasteiger partial charge on any atom is 0.311 e. The Morgan fingerprint density at radius 1 is 1.40 bits per heavy atom. The Morgan fingerprint density at radius 2 is 2.10 bits per heavy atom. The Labute approximate surface area is 116 Å². The van der Waals surface area contributed by atoms with Gasteiger partial charge in [-0.25, -0.2) is 0 Å². The summed E-state index contributed by atoms with van der Waals surface area (Å²) < 4.78 is 5.13. The molecule has 0 radical (unpaired) electrons. The quantitative estimate of drug-likeness (QED) is 0.858. The summed E-state index contributed by atoms with van der Waals surface area (Å²) in [5.74, 6) is -0.0181. The molecule has 6 heteroatoms. The highest BCUT2D eigenvalue weighted by molar-refractivity contribution is 5.92. The molecule has 0 saturated heterocycles. The van der Waals surface area contributed by atoms with Gasteiger partial charge in [0.1, 0.15) is 5.76 Å². The van der Waals surface area contributed by atoms with Crippen LogP contribution < -0.4 is 5.32 Å². The third kappa shape index (κ3) is 2.42. The fraction of sp³-hybridized carbons (Fsp3) is 0.643. The molecule has 0 unspecified atom stereocenters. The molecule has 3 rings (SSSR count). The molecule has 1 aromatic heterocycles. The van der Waals surface area contributed by atoms with Crippen LogP contribution in [0.15, 0.2) is 10.6 Å². The van der Waals surface area contributed by atoms with Gasteiger partial charge in [0.05, 0.1) is 5.41 Å². The second-order valence-electron chi connectivity index (χ2n) is 5.86. The van der Waals surface area contributed by atoms with Crippen LogP contribution in [-0.4, -0.2) is 28.7 Å². The number of hydrogen-bond acceptors (Lipinski definition) is 4. The van der Waals surface area contributed by atoms with Crippen molar-refractivity contribution in [3.05, 3.63) is 17.5 Å². The van der Waals surface area contributed by atoms with E-state index >= 15 is 0 Å². The number of carboxylic acids is 1. The molecule has 0 bridgehead atoms. The van der Waals surface area contributed by atoms with E-state index in [1.165, 1.54) is 0 Å². The minimum Gasteiger partial charge on any atom is -0.481 e. The fourth-order valence-electron chi connectivity index (χ4n) is 2.81. The van der Waals surface area contributed by atoms with Gasteiger partial charge in [0, 0.05) is 18.5 Å². The lowest BCUT2D eigenvalue weighted by Crippen LogP contribution is -2.41. The molecule has 0 atom stereocenters. The lowest BCUT2D eigenvalue weighted by atomic mass is 9.86. The molecule has 1 heterocycles. The first-order chi connectivity index (χ1) is 9.61. The van der Waals surface area contributed by atoms with Crippen molar-refractivity contribution >= 4 is 11.9 Å². The molecule has 0 aromatic carbocycles. The topological polar surface area (TPSA) is 92.4 Å². The molecule has 1 amide bonds. The molecule has 2 aliphatic rings. The van der Waals surface area contributed by atoms with Crippen molar-refractivity contribution < 1.29 is 19.2 Å². The maximum atomic E-state index is 12.0. The summed E-state index contributed by atoms with van der Waals surface area (Å²) in [6.07, 6.45) is 5.20. The molecular formula is C14H18N2O4. The highest BCUT2D eigenvalue weighted by atomic mass is 16.5. The van der Waals surface area contributed by atoms with Gasteiger partial charge in [-0.1, -0.05) is 18.0 Å². The molecule has 2 saturated carbocycles. The minimum absolute atomic E-state index is 0.160. The van der Waals surface area contributed by atoms with E-state index in [0.717, 1.165) is 31.4 Å².